The molecule has 3 aromatic heterocycles. The summed E-state index contributed by atoms with van der Waals surface area (Å²) in [4.78, 5) is 6.89. The van der Waals surface area contributed by atoms with Crippen LogP contribution >= 0.6 is 0 Å². The molecule has 0 fully saturated rings. The Labute approximate surface area is 161 Å². The van der Waals surface area contributed by atoms with Crippen molar-refractivity contribution < 1.29 is 12.9 Å². The van der Waals surface area contributed by atoms with Crippen molar-refractivity contribution in [2.75, 3.05) is 20.1 Å². The van der Waals surface area contributed by atoms with Gasteiger partial charge in [-0.2, -0.15) is 0 Å². The second-order valence-electron chi connectivity index (χ2n) is 6.98. The van der Waals surface area contributed by atoms with Crippen molar-refractivity contribution in [3.63, 3.8) is 0 Å². The molecular weight excluding hydrogens is 376 g/mol. The molecule has 0 spiro atoms. The van der Waals surface area contributed by atoms with Crippen LogP contribution in [-0.2, 0) is 10.0 Å². The lowest BCUT2D eigenvalue weighted by Crippen LogP contribution is -2.23. The summed E-state index contributed by atoms with van der Waals surface area (Å²) in [7, 11) is -1.72. The minimum atomic E-state index is -3.79. The van der Waals surface area contributed by atoms with E-state index in [-0.39, 0.29) is 4.90 Å². The Hall–Kier alpha value is -2.97. The van der Waals surface area contributed by atoms with Crippen LogP contribution in [-0.4, -0.2) is 47.6 Å². The van der Waals surface area contributed by atoms with Crippen molar-refractivity contribution in [3.8, 4) is 0 Å². The number of fused-ring (bicyclic) bond motifs is 2. The van der Waals surface area contributed by atoms with Crippen molar-refractivity contribution in [1.82, 2.24) is 19.0 Å². The first-order valence-electron chi connectivity index (χ1n) is 8.98. The Balaban J connectivity index is 1.70. The molecule has 0 saturated heterocycles. The van der Waals surface area contributed by atoms with Crippen LogP contribution < -0.4 is 0 Å². The molecule has 1 aromatic carbocycles. The van der Waals surface area contributed by atoms with Gasteiger partial charge in [0.1, 0.15) is 0 Å². The Kier molecular flexibility index (Phi) is 3.85. The van der Waals surface area contributed by atoms with E-state index in [4.69, 9.17) is 4.52 Å². The van der Waals surface area contributed by atoms with Gasteiger partial charge in [0, 0.05) is 36.4 Å². The van der Waals surface area contributed by atoms with Gasteiger partial charge in [-0.1, -0.05) is 11.2 Å². The van der Waals surface area contributed by atoms with Gasteiger partial charge in [0.2, 0.25) is 0 Å². The topological polar surface area (TPSA) is 81.2 Å². The van der Waals surface area contributed by atoms with Gasteiger partial charge in [0.25, 0.3) is 10.0 Å². The molecule has 142 valence electrons. The van der Waals surface area contributed by atoms with Crippen LogP contribution in [0.15, 0.2) is 64.4 Å². The van der Waals surface area contributed by atoms with Gasteiger partial charge in [-0.15, -0.1) is 0 Å². The van der Waals surface area contributed by atoms with Gasteiger partial charge in [-0.05, 0) is 49.4 Å². The van der Waals surface area contributed by atoms with E-state index in [1.165, 1.54) is 10.2 Å². The van der Waals surface area contributed by atoms with Crippen molar-refractivity contribution in [2.24, 2.45) is 0 Å². The molecule has 28 heavy (non-hydrogen) atoms. The third-order valence-electron chi connectivity index (χ3n) is 5.16. The van der Waals surface area contributed by atoms with Gasteiger partial charge < -0.3 is 9.42 Å². The molecule has 0 N–H and O–H groups in total. The highest BCUT2D eigenvalue weighted by Gasteiger charge is 2.24. The van der Waals surface area contributed by atoms with Gasteiger partial charge >= 0.3 is 0 Å². The van der Waals surface area contributed by atoms with E-state index in [1.807, 2.05) is 0 Å². The third kappa shape index (κ3) is 2.64. The molecule has 0 aliphatic carbocycles. The molecule has 0 unspecified atom stereocenters. The van der Waals surface area contributed by atoms with Crippen LogP contribution in [0.5, 0.6) is 0 Å². The van der Waals surface area contributed by atoms with Gasteiger partial charge in [-0.3, -0.25) is 4.98 Å². The average molecular weight is 394 g/mol. The first-order chi connectivity index (χ1) is 13.5. The van der Waals surface area contributed by atoms with Gasteiger partial charge in [0.05, 0.1) is 22.1 Å². The average Bonchev–Trinajstić information content (AvgIpc) is 3.33. The Morgan fingerprint density at radius 3 is 2.93 bits per heavy atom. The van der Waals surface area contributed by atoms with Crippen LogP contribution in [0.25, 0.3) is 27.6 Å². The zero-order chi connectivity index (χ0) is 19.3. The smallest absolute Gasteiger partial charge is 0.268 e. The SMILES string of the molecule is CN1CC=C(c2cn(S(=O)(=O)c3ccc4oncc4c3)c3cccnc23)CC1. The Morgan fingerprint density at radius 1 is 1.21 bits per heavy atom. The van der Waals surface area contributed by atoms with E-state index in [1.54, 1.807) is 42.7 Å². The predicted molar refractivity (Wildman–Crippen MR) is 106 cm³/mol. The van der Waals surface area contributed by atoms with E-state index >= 15 is 0 Å². The number of pyridine rings is 1. The molecule has 8 heteroatoms. The minimum absolute atomic E-state index is 0.188. The fraction of sp³-hybridized carbons (Fsp3) is 0.200. The highest BCUT2D eigenvalue weighted by atomic mass is 32.2. The van der Waals surface area contributed by atoms with E-state index in [0.29, 0.717) is 22.0 Å². The molecule has 1 aliphatic heterocycles. The fourth-order valence-corrected chi connectivity index (χ4v) is 5.00. The number of aromatic nitrogens is 3. The second-order valence-corrected chi connectivity index (χ2v) is 8.80. The molecule has 4 heterocycles. The predicted octanol–water partition coefficient (Wildman–Crippen LogP) is 3.13. The number of rotatable bonds is 3. The van der Waals surface area contributed by atoms with Crippen molar-refractivity contribution in [1.29, 1.82) is 0 Å². The Morgan fingerprint density at radius 2 is 2.11 bits per heavy atom. The second kappa shape index (κ2) is 6.29. The largest absolute Gasteiger partial charge is 0.356 e. The summed E-state index contributed by atoms with van der Waals surface area (Å²) < 4.78 is 33.2. The standard InChI is InChI=1S/C20H18N4O3S/c1-23-9-6-14(7-10-23)17-13-24(18-3-2-8-21-20(17)18)28(25,26)16-4-5-19-15(11-16)12-22-27-19/h2-6,8,11-13H,7,9-10H2,1H3. The lowest BCUT2D eigenvalue weighted by Gasteiger charge is -2.21. The molecule has 5 rings (SSSR count). The van der Waals surface area contributed by atoms with Gasteiger partial charge in [-0.25, -0.2) is 12.4 Å². The molecule has 1 aliphatic rings. The molecule has 0 radical (unpaired) electrons. The zero-order valence-corrected chi connectivity index (χ0v) is 16.1. The summed E-state index contributed by atoms with van der Waals surface area (Å²) in [6.07, 6.45) is 7.91. The van der Waals surface area contributed by atoms with Crippen LogP contribution in [0.1, 0.15) is 12.0 Å². The highest BCUT2D eigenvalue weighted by molar-refractivity contribution is 7.90. The fourth-order valence-electron chi connectivity index (χ4n) is 3.60. The molecule has 4 aromatic rings. The summed E-state index contributed by atoms with van der Waals surface area (Å²) in [5.41, 5.74) is 3.83. The zero-order valence-electron chi connectivity index (χ0n) is 15.2. The number of hydrogen-bond donors (Lipinski definition) is 0. The summed E-state index contributed by atoms with van der Waals surface area (Å²) in [6.45, 7) is 1.77. The normalized spacial score (nSPS) is 16.0. The van der Waals surface area contributed by atoms with Crippen molar-refractivity contribution >= 4 is 37.6 Å². The number of hydrogen-bond acceptors (Lipinski definition) is 6. The maximum atomic E-state index is 13.4. The summed E-state index contributed by atoms with van der Waals surface area (Å²) in [6, 6.07) is 8.29. The third-order valence-corrected chi connectivity index (χ3v) is 6.83. The molecule has 0 bridgehead atoms. The highest BCUT2D eigenvalue weighted by Crippen LogP contribution is 2.32. The van der Waals surface area contributed by atoms with Crippen LogP contribution in [0.3, 0.4) is 0 Å². The summed E-state index contributed by atoms with van der Waals surface area (Å²) in [5, 5.41) is 4.37. The van der Waals surface area contributed by atoms with Crippen LogP contribution in [0, 0.1) is 0 Å². The lowest BCUT2D eigenvalue weighted by molar-refractivity contribution is 0.370. The first-order valence-corrected chi connectivity index (χ1v) is 10.4. The molecule has 0 amide bonds. The molecular formula is C20H18N4O3S. The van der Waals surface area contributed by atoms with E-state index in [9.17, 15) is 8.42 Å². The first kappa shape index (κ1) is 17.2. The van der Waals surface area contributed by atoms with E-state index in [0.717, 1.165) is 30.6 Å². The monoisotopic (exact) mass is 394 g/mol. The molecule has 0 atom stereocenters. The quantitative estimate of drug-likeness (QED) is 0.531. The van der Waals surface area contributed by atoms with Crippen molar-refractivity contribution in [2.45, 2.75) is 11.3 Å². The van der Waals surface area contributed by atoms with Crippen LogP contribution in [0.2, 0.25) is 0 Å². The Bertz CT molecular complexity index is 1330. The molecule has 7 nitrogen and oxygen atoms in total. The molecule has 0 saturated carbocycles. The maximum Gasteiger partial charge on any atom is 0.268 e. The minimum Gasteiger partial charge on any atom is -0.356 e. The number of benzene rings is 1. The number of nitrogens with zero attached hydrogens (tertiary/aromatic N) is 4. The number of likely N-dealkylation sites (N-methyl/N-ethyl adjacent to an activating group) is 1. The van der Waals surface area contributed by atoms with Crippen molar-refractivity contribution in [3.05, 3.63) is 60.6 Å². The van der Waals surface area contributed by atoms with Crippen LogP contribution in [0.4, 0.5) is 0 Å². The van der Waals surface area contributed by atoms with Gasteiger partial charge in [0.15, 0.2) is 5.58 Å². The summed E-state index contributed by atoms with van der Waals surface area (Å²) in [5.74, 6) is 0. The summed E-state index contributed by atoms with van der Waals surface area (Å²) >= 11 is 0. The van der Waals surface area contributed by atoms with E-state index < -0.39 is 10.0 Å². The lowest BCUT2D eigenvalue weighted by atomic mass is 10.0. The van der Waals surface area contributed by atoms with E-state index in [2.05, 4.69) is 28.2 Å². The maximum absolute atomic E-state index is 13.4.